The number of pyridine rings is 2. The van der Waals surface area contributed by atoms with Crippen LogP contribution >= 0.6 is 11.6 Å². The highest BCUT2D eigenvalue weighted by atomic mass is 35.5. The molecule has 0 aliphatic carbocycles. The maximum absolute atomic E-state index is 10.7. The zero-order valence-electron chi connectivity index (χ0n) is 13.6. The number of nitro groups is 1. The molecule has 26 heavy (non-hydrogen) atoms. The molecule has 0 radical (unpaired) electrons. The van der Waals surface area contributed by atoms with Gasteiger partial charge >= 0.3 is 0 Å². The summed E-state index contributed by atoms with van der Waals surface area (Å²) in [5, 5.41) is 11.1. The van der Waals surface area contributed by atoms with E-state index in [0.29, 0.717) is 17.2 Å². The highest BCUT2D eigenvalue weighted by molar-refractivity contribution is 6.29. The van der Waals surface area contributed by atoms with E-state index in [9.17, 15) is 10.1 Å². The fourth-order valence-electron chi connectivity index (χ4n) is 2.38. The second-order valence-corrected chi connectivity index (χ2v) is 5.85. The second-order valence-electron chi connectivity index (χ2n) is 5.47. The van der Waals surface area contributed by atoms with Crippen molar-refractivity contribution in [1.82, 2.24) is 9.97 Å². The summed E-state index contributed by atoms with van der Waals surface area (Å²) in [7, 11) is 0. The summed E-state index contributed by atoms with van der Waals surface area (Å²) in [4.78, 5) is 22.0. The van der Waals surface area contributed by atoms with Gasteiger partial charge in [-0.1, -0.05) is 11.6 Å². The molecule has 0 aliphatic heterocycles. The molecule has 8 heteroatoms. The Morgan fingerprint density at radius 2 is 2.00 bits per heavy atom. The molecule has 3 aromatic rings. The lowest BCUT2D eigenvalue weighted by Gasteiger charge is -2.02. The minimum atomic E-state index is -0.425. The van der Waals surface area contributed by atoms with E-state index < -0.39 is 4.92 Å². The maximum Gasteiger partial charge on any atom is 0.269 e. The third kappa shape index (κ3) is 4.01. The van der Waals surface area contributed by atoms with Gasteiger partial charge in [0.2, 0.25) is 0 Å². The molecule has 0 bridgehead atoms. The van der Waals surface area contributed by atoms with Gasteiger partial charge in [-0.15, -0.1) is 0 Å². The van der Waals surface area contributed by atoms with Crippen molar-refractivity contribution in [3.8, 4) is 0 Å². The van der Waals surface area contributed by atoms with E-state index in [1.165, 1.54) is 18.3 Å². The van der Waals surface area contributed by atoms with Crippen molar-refractivity contribution in [2.45, 2.75) is 6.54 Å². The van der Waals surface area contributed by atoms with E-state index in [1.54, 1.807) is 36.7 Å². The number of rotatable bonds is 5. The van der Waals surface area contributed by atoms with E-state index in [0.717, 1.165) is 22.2 Å². The van der Waals surface area contributed by atoms with Crippen molar-refractivity contribution in [1.29, 1.82) is 0 Å². The van der Waals surface area contributed by atoms with Gasteiger partial charge in [0.05, 0.1) is 21.5 Å². The number of nitrogens with zero attached hydrogens (tertiary/aromatic N) is 3. The van der Waals surface area contributed by atoms with Gasteiger partial charge in [-0.3, -0.25) is 15.1 Å². The quantitative estimate of drug-likeness (QED) is 0.309. The van der Waals surface area contributed by atoms with Crippen LogP contribution in [0.4, 0.5) is 5.69 Å². The average Bonchev–Trinajstić information content (AvgIpc) is 2.65. The Morgan fingerprint density at radius 1 is 1.23 bits per heavy atom. The van der Waals surface area contributed by atoms with Gasteiger partial charge in [0.25, 0.3) is 5.69 Å². The Hall–Kier alpha value is -3.32. The van der Waals surface area contributed by atoms with Crippen molar-refractivity contribution in [2.75, 3.05) is 0 Å². The van der Waals surface area contributed by atoms with Gasteiger partial charge in [0, 0.05) is 35.7 Å². The van der Waals surface area contributed by atoms with E-state index in [2.05, 4.69) is 15.0 Å². The van der Waals surface area contributed by atoms with Crippen molar-refractivity contribution >= 4 is 40.1 Å². The van der Waals surface area contributed by atoms with Crippen LogP contribution in [-0.2, 0) is 6.54 Å². The van der Waals surface area contributed by atoms with Gasteiger partial charge in [0.1, 0.15) is 5.15 Å². The summed E-state index contributed by atoms with van der Waals surface area (Å²) in [6, 6.07) is 11.7. The normalized spacial score (nSPS) is 12.0. The minimum absolute atomic E-state index is 0.0636. The third-order valence-electron chi connectivity index (χ3n) is 3.73. The summed E-state index contributed by atoms with van der Waals surface area (Å²) in [5.74, 6) is 0. The largest absolute Gasteiger partial charge is 0.404 e. The standard InChI is InChI=1S/C18H14ClN5O2/c19-18-6-5-16-17(23-18)7-13(11-22-16)14(8-20)10-21-9-12-1-3-15(4-2-12)24(25)26/h1-8,10-11H,9,20H2/p+1. The van der Waals surface area contributed by atoms with Crippen molar-refractivity contribution in [2.24, 2.45) is 5.73 Å². The lowest BCUT2D eigenvalue weighted by Crippen LogP contribution is -2.67. The zero-order valence-corrected chi connectivity index (χ0v) is 14.3. The molecule has 0 atom stereocenters. The number of hydrogen-bond acceptors (Lipinski definition) is 5. The van der Waals surface area contributed by atoms with Crippen LogP contribution in [0.5, 0.6) is 0 Å². The maximum atomic E-state index is 10.7. The molecule has 2 aromatic heterocycles. The highest BCUT2D eigenvalue weighted by Crippen LogP contribution is 2.18. The van der Waals surface area contributed by atoms with Gasteiger partial charge < -0.3 is 5.73 Å². The molecule has 2 heterocycles. The molecule has 0 amide bonds. The highest BCUT2D eigenvalue weighted by Gasteiger charge is 2.07. The molecule has 0 saturated carbocycles. The van der Waals surface area contributed by atoms with Gasteiger partial charge in [-0.2, -0.15) is 0 Å². The number of allylic oxidation sites excluding steroid dienone is 1. The topological polar surface area (TPSA) is 109 Å². The first-order chi connectivity index (χ1) is 12.6. The fourth-order valence-corrected chi connectivity index (χ4v) is 2.54. The molecular formula is C18H15ClN5O2+. The molecule has 1 aromatic carbocycles. The Balaban J connectivity index is 1.76. The summed E-state index contributed by atoms with van der Waals surface area (Å²) in [6.07, 6.45) is 4.94. The van der Waals surface area contributed by atoms with Crippen LogP contribution in [0.25, 0.3) is 16.6 Å². The third-order valence-corrected chi connectivity index (χ3v) is 3.94. The number of non-ortho nitro benzene ring substituents is 1. The first kappa shape index (κ1) is 17.5. The van der Waals surface area contributed by atoms with Crippen molar-refractivity contribution in [3.63, 3.8) is 0 Å². The molecule has 7 nitrogen and oxygen atoms in total. The van der Waals surface area contributed by atoms with Crippen LogP contribution in [0.1, 0.15) is 11.1 Å². The first-order valence-corrected chi connectivity index (χ1v) is 8.09. The summed E-state index contributed by atoms with van der Waals surface area (Å²) in [5.41, 5.74) is 9.66. The number of nitrogens with two attached hydrogens (primary N) is 1. The molecule has 3 N–H and O–H groups in total. The number of aromatic nitrogens is 2. The fraction of sp³-hybridized carbons (Fsp3) is 0.0556. The predicted molar refractivity (Wildman–Crippen MR) is 101 cm³/mol. The smallest absolute Gasteiger partial charge is 0.269 e. The Kier molecular flexibility index (Phi) is 5.19. The lowest BCUT2D eigenvalue weighted by molar-refractivity contribution is -0.468. The van der Waals surface area contributed by atoms with Crippen LogP contribution < -0.4 is 10.7 Å². The summed E-state index contributed by atoms with van der Waals surface area (Å²) >= 11 is 5.93. The lowest BCUT2D eigenvalue weighted by atomic mass is 10.1. The molecular weight excluding hydrogens is 354 g/mol. The Morgan fingerprint density at radius 3 is 2.69 bits per heavy atom. The van der Waals surface area contributed by atoms with Crippen LogP contribution in [0.3, 0.4) is 0 Å². The van der Waals surface area contributed by atoms with Gasteiger partial charge in [-0.05, 0) is 30.3 Å². The van der Waals surface area contributed by atoms with Crippen LogP contribution in [0.2, 0.25) is 5.15 Å². The van der Waals surface area contributed by atoms with E-state index in [4.69, 9.17) is 17.3 Å². The monoisotopic (exact) mass is 368 g/mol. The zero-order chi connectivity index (χ0) is 18.5. The van der Waals surface area contributed by atoms with Gasteiger partial charge in [0.15, 0.2) is 12.8 Å². The van der Waals surface area contributed by atoms with Crippen molar-refractivity contribution in [3.05, 3.63) is 81.3 Å². The average molecular weight is 369 g/mol. The van der Waals surface area contributed by atoms with Crippen LogP contribution in [0.15, 0.2) is 54.9 Å². The molecule has 0 saturated heterocycles. The van der Waals surface area contributed by atoms with Gasteiger partial charge in [-0.25, -0.2) is 9.98 Å². The number of benzene rings is 1. The Bertz CT molecular complexity index is 1020. The number of hydrogen-bond donors (Lipinski definition) is 2. The molecule has 3 rings (SSSR count). The van der Waals surface area contributed by atoms with Crippen molar-refractivity contribution < 1.29 is 9.92 Å². The number of nitrogens with one attached hydrogen (secondary N) is 1. The molecule has 0 unspecified atom stereocenters. The molecule has 0 aliphatic rings. The second kappa shape index (κ2) is 7.71. The summed E-state index contributed by atoms with van der Waals surface area (Å²) < 4.78 is 0. The molecule has 0 spiro atoms. The molecule has 0 fully saturated rings. The number of nitro benzene ring substituents is 1. The van der Waals surface area contributed by atoms with Crippen LogP contribution in [0, 0.1) is 10.1 Å². The van der Waals surface area contributed by atoms with E-state index >= 15 is 0 Å². The SMILES string of the molecule is NC=C(C=[NH+]Cc1ccc([N+](=O)[O-])cc1)c1cnc2ccc(Cl)nc2c1. The van der Waals surface area contributed by atoms with Crippen LogP contribution in [-0.4, -0.2) is 21.1 Å². The number of halogens is 1. The summed E-state index contributed by atoms with van der Waals surface area (Å²) in [6.45, 7) is 0.500. The molecule has 130 valence electrons. The first-order valence-electron chi connectivity index (χ1n) is 7.71. The predicted octanol–water partition coefficient (Wildman–Crippen LogP) is 1.84. The minimum Gasteiger partial charge on any atom is -0.404 e. The number of fused-ring (bicyclic) bond motifs is 1. The van der Waals surface area contributed by atoms with E-state index in [-0.39, 0.29) is 5.69 Å². The Labute approximate surface area is 154 Å². The van der Waals surface area contributed by atoms with E-state index in [1.807, 2.05) is 6.07 Å².